The molecule has 0 atom stereocenters. The van der Waals surface area contributed by atoms with E-state index in [1.807, 2.05) is 44.2 Å². The van der Waals surface area contributed by atoms with Gasteiger partial charge in [-0.05, 0) is 49.9 Å². The number of carbonyl (C=O) groups is 1. The quantitative estimate of drug-likeness (QED) is 0.876. The summed E-state index contributed by atoms with van der Waals surface area (Å²) in [6.45, 7) is 4.96. The number of fused-ring (bicyclic) bond motifs is 1. The van der Waals surface area contributed by atoms with Gasteiger partial charge in [0.25, 0.3) is 0 Å². The van der Waals surface area contributed by atoms with Crippen LogP contribution in [0.15, 0.2) is 42.5 Å². The first-order valence-electron chi connectivity index (χ1n) is 7.98. The molecule has 23 heavy (non-hydrogen) atoms. The van der Waals surface area contributed by atoms with Gasteiger partial charge in [-0.1, -0.05) is 35.9 Å². The van der Waals surface area contributed by atoms with Crippen molar-refractivity contribution in [2.45, 2.75) is 26.7 Å². The molecule has 0 aromatic heterocycles. The van der Waals surface area contributed by atoms with Crippen LogP contribution in [0.2, 0.25) is 0 Å². The van der Waals surface area contributed by atoms with Crippen LogP contribution in [0.1, 0.15) is 23.1 Å². The lowest BCUT2D eigenvalue weighted by molar-refractivity contribution is 0.228. The Kier molecular flexibility index (Phi) is 4.51. The van der Waals surface area contributed by atoms with E-state index in [1.165, 1.54) is 11.1 Å². The lowest BCUT2D eigenvalue weighted by Crippen LogP contribution is -2.44. The van der Waals surface area contributed by atoms with Crippen molar-refractivity contribution < 1.29 is 9.53 Å². The molecular weight excluding hydrogens is 288 g/mol. The molecule has 2 amide bonds. The van der Waals surface area contributed by atoms with E-state index < -0.39 is 0 Å². The predicted molar refractivity (Wildman–Crippen MR) is 92.1 cm³/mol. The molecule has 1 heterocycles. The number of hydrogen-bond acceptors (Lipinski definition) is 2. The third kappa shape index (κ3) is 3.47. The van der Waals surface area contributed by atoms with Gasteiger partial charge in [-0.2, -0.15) is 0 Å². The standard InChI is InChI=1S/C19H22N2O2/c1-14-9-10-18(15(2)12-14)23-13-20-19(22)21-11-5-7-16-6-3-4-8-17(16)21/h3-4,6,8-10,12H,5,7,11,13H2,1-2H3,(H,20,22). The molecule has 1 aliphatic heterocycles. The Labute approximate surface area is 137 Å². The van der Waals surface area contributed by atoms with Crippen LogP contribution in [-0.2, 0) is 6.42 Å². The molecule has 120 valence electrons. The second-order valence-corrected chi connectivity index (χ2v) is 5.92. The van der Waals surface area contributed by atoms with Gasteiger partial charge < -0.3 is 10.1 Å². The Morgan fingerprint density at radius 2 is 2.04 bits per heavy atom. The number of nitrogens with zero attached hydrogens (tertiary/aromatic N) is 1. The Morgan fingerprint density at radius 3 is 2.87 bits per heavy atom. The summed E-state index contributed by atoms with van der Waals surface area (Å²) in [4.78, 5) is 14.2. The first-order chi connectivity index (χ1) is 11.1. The van der Waals surface area contributed by atoms with Gasteiger partial charge in [0.1, 0.15) is 5.75 Å². The first-order valence-corrected chi connectivity index (χ1v) is 7.98. The number of rotatable bonds is 3. The number of ether oxygens (including phenoxy) is 1. The Bertz CT molecular complexity index is 712. The zero-order chi connectivity index (χ0) is 16.2. The number of benzene rings is 2. The molecule has 1 aliphatic rings. The topological polar surface area (TPSA) is 41.6 Å². The number of hydrogen-bond donors (Lipinski definition) is 1. The molecule has 0 spiro atoms. The second-order valence-electron chi connectivity index (χ2n) is 5.92. The van der Waals surface area contributed by atoms with Gasteiger partial charge in [0.05, 0.1) is 0 Å². The fourth-order valence-corrected chi connectivity index (χ4v) is 2.98. The summed E-state index contributed by atoms with van der Waals surface area (Å²) in [5, 5.41) is 2.85. The molecule has 4 nitrogen and oxygen atoms in total. The van der Waals surface area contributed by atoms with Gasteiger partial charge >= 0.3 is 6.03 Å². The van der Waals surface area contributed by atoms with E-state index in [-0.39, 0.29) is 12.8 Å². The van der Waals surface area contributed by atoms with Crippen molar-refractivity contribution >= 4 is 11.7 Å². The maximum absolute atomic E-state index is 12.4. The normalized spacial score (nSPS) is 13.4. The fraction of sp³-hybridized carbons (Fsp3) is 0.316. The summed E-state index contributed by atoms with van der Waals surface area (Å²) in [5.41, 5.74) is 4.50. The molecule has 0 unspecified atom stereocenters. The van der Waals surface area contributed by atoms with Crippen molar-refractivity contribution in [1.82, 2.24) is 5.32 Å². The average Bonchev–Trinajstić information content (AvgIpc) is 2.56. The van der Waals surface area contributed by atoms with E-state index in [0.29, 0.717) is 0 Å². The minimum absolute atomic E-state index is 0.109. The number of aryl methyl sites for hydroxylation is 3. The van der Waals surface area contributed by atoms with E-state index in [4.69, 9.17) is 4.74 Å². The SMILES string of the molecule is Cc1ccc(OCNC(=O)N2CCCc3ccccc32)c(C)c1. The van der Waals surface area contributed by atoms with Crippen LogP contribution in [0.5, 0.6) is 5.75 Å². The molecule has 1 N–H and O–H groups in total. The Balaban J connectivity index is 1.60. The van der Waals surface area contributed by atoms with Gasteiger partial charge in [-0.15, -0.1) is 0 Å². The molecule has 0 fully saturated rings. The monoisotopic (exact) mass is 310 g/mol. The highest BCUT2D eigenvalue weighted by Crippen LogP contribution is 2.26. The van der Waals surface area contributed by atoms with E-state index in [2.05, 4.69) is 17.4 Å². The van der Waals surface area contributed by atoms with E-state index in [1.54, 1.807) is 4.90 Å². The average molecular weight is 310 g/mol. The van der Waals surface area contributed by atoms with Crippen LogP contribution in [0.3, 0.4) is 0 Å². The van der Waals surface area contributed by atoms with Crippen LogP contribution in [0.4, 0.5) is 10.5 Å². The summed E-state index contributed by atoms with van der Waals surface area (Å²) in [7, 11) is 0. The van der Waals surface area contributed by atoms with E-state index in [9.17, 15) is 4.79 Å². The summed E-state index contributed by atoms with van der Waals surface area (Å²) in [5.74, 6) is 0.801. The minimum Gasteiger partial charge on any atom is -0.473 e. The molecule has 0 saturated carbocycles. The zero-order valence-corrected chi connectivity index (χ0v) is 13.6. The van der Waals surface area contributed by atoms with Gasteiger partial charge in [0, 0.05) is 12.2 Å². The van der Waals surface area contributed by atoms with Gasteiger partial charge in [-0.3, -0.25) is 4.90 Å². The second kappa shape index (κ2) is 6.73. The molecule has 3 rings (SSSR count). The predicted octanol–water partition coefficient (Wildman–Crippen LogP) is 3.80. The number of carbonyl (C=O) groups excluding carboxylic acids is 1. The summed E-state index contributed by atoms with van der Waals surface area (Å²) >= 11 is 0. The third-order valence-electron chi connectivity index (χ3n) is 4.14. The van der Waals surface area contributed by atoms with Crippen molar-refractivity contribution in [2.24, 2.45) is 0 Å². The van der Waals surface area contributed by atoms with Crippen LogP contribution >= 0.6 is 0 Å². The Morgan fingerprint density at radius 1 is 1.22 bits per heavy atom. The van der Waals surface area contributed by atoms with Gasteiger partial charge in [0.15, 0.2) is 6.73 Å². The first kappa shape index (κ1) is 15.4. The summed E-state index contributed by atoms with van der Waals surface area (Å²) < 4.78 is 5.68. The molecule has 0 aliphatic carbocycles. The molecular formula is C19H22N2O2. The number of para-hydroxylation sites is 1. The fourth-order valence-electron chi connectivity index (χ4n) is 2.98. The largest absolute Gasteiger partial charge is 0.473 e. The molecule has 2 aromatic rings. The Hall–Kier alpha value is -2.49. The van der Waals surface area contributed by atoms with Crippen LogP contribution in [-0.4, -0.2) is 19.3 Å². The van der Waals surface area contributed by atoms with E-state index in [0.717, 1.165) is 36.4 Å². The van der Waals surface area contributed by atoms with E-state index >= 15 is 0 Å². The van der Waals surface area contributed by atoms with Crippen molar-refractivity contribution in [2.75, 3.05) is 18.2 Å². The summed E-state index contributed by atoms with van der Waals surface area (Å²) in [6, 6.07) is 14.0. The van der Waals surface area contributed by atoms with Gasteiger partial charge in [0.2, 0.25) is 0 Å². The third-order valence-corrected chi connectivity index (χ3v) is 4.14. The molecule has 0 saturated heterocycles. The van der Waals surface area contributed by atoms with Crippen LogP contribution < -0.4 is 15.0 Å². The highest BCUT2D eigenvalue weighted by atomic mass is 16.5. The number of urea groups is 1. The van der Waals surface area contributed by atoms with Gasteiger partial charge in [-0.25, -0.2) is 4.79 Å². The zero-order valence-electron chi connectivity index (χ0n) is 13.6. The number of anilines is 1. The highest BCUT2D eigenvalue weighted by Gasteiger charge is 2.21. The van der Waals surface area contributed by atoms with Crippen LogP contribution in [0.25, 0.3) is 0 Å². The van der Waals surface area contributed by atoms with Crippen molar-refractivity contribution in [3.8, 4) is 5.75 Å². The van der Waals surface area contributed by atoms with Crippen LogP contribution in [0, 0.1) is 13.8 Å². The lowest BCUT2D eigenvalue weighted by Gasteiger charge is -2.29. The number of nitrogens with one attached hydrogen (secondary N) is 1. The lowest BCUT2D eigenvalue weighted by atomic mass is 10.0. The number of amides is 2. The molecule has 4 heteroatoms. The van der Waals surface area contributed by atoms with Crippen molar-refractivity contribution in [3.05, 3.63) is 59.2 Å². The summed E-state index contributed by atoms with van der Waals surface area (Å²) in [6.07, 6.45) is 2.02. The molecule has 0 bridgehead atoms. The maximum Gasteiger partial charge on any atom is 0.324 e. The van der Waals surface area contributed by atoms with Crippen molar-refractivity contribution in [1.29, 1.82) is 0 Å². The highest BCUT2D eigenvalue weighted by molar-refractivity contribution is 5.93. The molecule has 2 aromatic carbocycles. The molecule has 0 radical (unpaired) electrons. The smallest absolute Gasteiger partial charge is 0.324 e. The maximum atomic E-state index is 12.4. The van der Waals surface area contributed by atoms with Crippen molar-refractivity contribution in [3.63, 3.8) is 0 Å². The minimum atomic E-state index is -0.109.